The summed E-state index contributed by atoms with van der Waals surface area (Å²) >= 11 is 0. The molecule has 26 heavy (non-hydrogen) atoms. The molecule has 0 amide bonds. The first-order valence-electron chi connectivity index (χ1n) is 9.51. The number of benzene rings is 1. The van der Waals surface area contributed by atoms with Gasteiger partial charge in [-0.15, -0.1) is 24.0 Å². The zero-order valence-corrected chi connectivity index (χ0v) is 18.5. The molecule has 1 aromatic carbocycles. The van der Waals surface area contributed by atoms with Crippen LogP contribution in [0.2, 0.25) is 0 Å². The third-order valence-electron chi connectivity index (χ3n) is 4.23. The second-order valence-electron chi connectivity index (χ2n) is 6.58. The molecule has 0 saturated carbocycles. The standard InChI is InChI=1S/C20H33N3O2.HI/c1-3-21-20(23-11-8-18-7-4-6-17(2)14-18)22-10-5-12-24-15-19-9-13-25-16-19;/h4,6-7,14,19H,3,5,8-13,15-16H2,1-2H3,(H2,21,22,23);1H. The average Bonchev–Trinajstić information content (AvgIpc) is 3.11. The molecule has 5 nitrogen and oxygen atoms in total. The van der Waals surface area contributed by atoms with Crippen LogP contribution in [0, 0.1) is 12.8 Å². The lowest BCUT2D eigenvalue weighted by atomic mass is 10.1. The second-order valence-corrected chi connectivity index (χ2v) is 6.58. The van der Waals surface area contributed by atoms with E-state index < -0.39 is 0 Å². The Morgan fingerprint density at radius 2 is 2.23 bits per heavy atom. The molecule has 1 unspecified atom stereocenters. The highest BCUT2D eigenvalue weighted by Crippen LogP contribution is 2.12. The van der Waals surface area contributed by atoms with Gasteiger partial charge in [-0.2, -0.15) is 0 Å². The van der Waals surface area contributed by atoms with Gasteiger partial charge in [0.1, 0.15) is 0 Å². The van der Waals surface area contributed by atoms with Gasteiger partial charge >= 0.3 is 0 Å². The molecule has 0 bridgehead atoms. The topological polar surface area (TPSA) is 54.9 Å². The van der Waals surface area contributed by atoms with Crippen LogP contribution in [0.15, 0.2) is 29.3 Å². The summed E-state index contributed by atoms with van der Waals surface area (Å²) in [5.74, 6) is 1.48. The Labute approximate surface area is 175 Å². The van der Waals surface area contributed by atoms with Gasteiger partial charge in [-0.1, -0.05) is 29.8 Å². The quantitative estimate of drug-likeness (QED) is 0.236. The van der Waals surface area contributed by atoms with Crippen molar-refractivity contribution in [2.24, 2.45) is 10.9 Å². The summed E-state index contributed by atoms with van der Waals surface area (Å²) in [5, 5.41) is 6.70. The number of aliphatic imine (C=N–C) groups is 1. The van der Waals surface area contributed by atoms with E-state index >= 15 is 0 Å². The van der Waals surface area contributed by atoms with Crippen LogP contribution in [-0.4, -0.2) is 52.0 Å². The molecule has 2 rings (SSSR count). The molecule has 1 atom stereocenters. The molecule has 1 fully saturated rings. The Hall–Kier alpha value is -0.860. The first kappa shape index (κ1) is 23.2. The fourth-order valence-corrected chi connectivity index (χ4v) is 2.86. The zero-order chi connectivity index (χ0) is 17.7. The van der Waals surface area contributed by atoms with Gasteiger partial charge in [0.2, 0.25) is 0 Å². The van der Waals surface area contributed by atoms with Gasteiger partial charge in [0, 0.05) is 38.8 Å². The van der Waals surface area contributed by atoms with Gasteiger partial charge < -0.3 is 20.1 Å². The maximum absolute atomic E-state index is 5.72. The molecule has 2 N–H and O–H groups in total. The van der Waals surface area contributed by atoms with Crippen molar-refractivity contribution in [3.05, 3.63) is 35.4 Å². The third-order valence-corrected chi connectivity index (χ3v) is 4.23. The van der Waals surface area contributed by atoms with Crippen molar-refractivity contribution in [1.82, 2.24) is 10.6 Å². The Morgan fingerprint density at radius 3 is 2.96 bits per heavy atom. The summed E-state index contributed by atoms with van der Waals surface area (Å²) in [6.07, 6.45) is 3.08. The van der Waals surface area contributed by atoms with Crippen LogP contribution in [0.3, 0.4) is 0 Å². The molecule has 0 spiro atoms. The SMILES string of the molecule is CCNC(=NCCCOCC1CCOC1)NCCc1cccc(C)c1.I. The van der Waals surface area contributed by atoms with E-state index in [0.29, 0.717) is 5.92 Å². The van der Waals surface area contributed by atoms with E-state index in [4.69, 9.17) is 9.47 Å². The van der Waals surface area contributed by atoms with Crippen LogP contribution in [0.5, 0.6) is 0 Å². The molecule has 0 aliphatic carbocycles. The van der Waals surface area contributed by atoms with Gasteiger partial charge in [-0.05, 0) is 38.7 Å². The molecule has 1 saturated heterocycles. The molecule has 0 aromatic heterocycles. The Balaban J connectivity index is 0.00000338. The molecule has 1 heterocycles. The first-order chi connectivity index (χ1) is 12.3. The molecular weight excluding hydrogens is 441 g/mol. The van der Waals surface area contributed by atoms with E-state index in [0.717, 1.165) is 71.3 Å². The van der Waals surface area contributed by atoms with Crippen molar-refractivity contribution >= 4 is 29.9 Å². The monoisotopic (exact) mass is 475 g/mol. The lowest BCUT2D eigenvalue weighted by Crippen LogP contribution is -2.38. The summed E-state index contributed by atoms with van der Waals surface area (Å²) in [6, 6.07) is 8.65. The summed E-state index contributed by atoms with van der Waals surface area (Å²) in [7, 11) is 0. The highest BCUT2D eigenvalue weighted by molar-refractivity contribution is 14.0. The van der Waals surface area contributed by atoms with Gasteiger partial charge in [-0.25, -0.2) is 0 Å². The normalized spacial score (nSPS) is 17.0. The van der Waals surface area contributed by atoms with Crippen LogP contribution in [0.4, 0.5) is 0 Å². The molecule has 1 aromatic rings. The Morgan fingerprint density at radius 1 is 1.35 bits per heavy atom. The van der Waals surface area contributed by atoms with E-state index in [1.807, 2.05) is 0 Å². The number of aryl methyl sites for hydroxylation is 1. The molecule has 1 aliphatic heterocycles. The van der Waals surface area contributed by atoms with Crippen molar-refractivity contribution < 1.29 is 9.47 Å². The number of hydrogen-bond acceptors (Lipinski definition) is 3. The smallest absolute Gasteiger partial charge is 0.191 e. The fourth-order valence-electron chi connectivity index (χ4n) is 2.86. The maximum atomic E-state index is 5.72. The molecule has 148 valence electrons. The fraction of sp³-hybridized carbons (Fsp3) is 0.650. The van der Waals surface area contributed by atoms with E-state index in [9.17, 15) is 0 Å². The number of ether oxygens (including phenoxy) is 2. The molecule has 1 aliphatic rings. The molecule has 0 radical (unpaired) electrons. The Kier molecular flexibility index (Phi) is 12.7. The third kappa shape index (κ3) is 9.73. The molecular formula is C20H34IN3O2. The number of nitrogens with one attached hydrogen (secondary N) is 2. The van der Waals surface area contributed by atoms with E-state index in [1.54, 1.807) is 0 Å². The Bertz CT molecular complexity index is 520. The van der Waals surface area contributed by atoms with E-state index in [1.165, 1.54) is 11.1 Å². The highest BCUT2D eigenvalue weighted by Gasteiger charge is 2.15. The van der Waals surface area contributed by atoms with Crippen molar-refractivity contribution in [1.29, 1.82) is 0 Å². The number of rotatable bonds is 10. The van der Waals surface area contributed by atoms with Crippen LogP contribution < -0.4 is 10.6 Å². The van der Waals surface area contributed by atoms with Crippen molar-refractivity contribution in [2.75, 3.05) is 46.1 Å². The van der Waals surface area contributed by atoms with E-state index in [-0.39, 0.29) is 24.0 Å². The van der Waals surface area contributed by atoms with Crippen LogP contribution in [-0.2, 0) is 15.9 Å². The summed E-state index contributed by atoms with van der Waals surface area (Å²) < 4.78 is 11.1. The van der Waals surface area contributed by atoms with Crippen molar-refractivity contribution in [3.8, 4) is 0 Å². The number of nitrogens with zero attached hydrogens (tertiary/aromatic N) is 1. The second kappa shape index (κ2) is 14.2. The van der Waals surface area contributed by atoms with Gasteiger partial charge in [0.05, 0.1) is 13.2 Å². The van der Waals surface area contributed by atoms with Gasteiger partial charge in [0.15, 0.2) is 5.96 Å². The minimum absolute atomic E-state index is 0. The number of hydrogen-bond donors (Lipinski definition) is 2. The van der Waals surface area contributed by atoms with Crippen molar-refractivity contribution in [3.63, 3.8) is 0 Å². The maximum Gasteiger partial charge on any atom is 0.191 e. The number of guanidine groups is 1. The van der Waals surface area contributed by atoms with Crippen molar-refractivity contribution in [2.45, 2.75) is 33.1 Å². The zero-order valence-electron chi connectivity index (χ0n) is 16.1. The van der Waals surface area contributed by atoms with Crippen LogP contribution >= 0.6 is 24.0 Å². The van der Waals surface area contributed by atoms with Crippen LogP contribution in [0.25, 0.3) is 0 Å². The van der Waals surface area contributed by atoms with E-state index in [2.05, 4.69) is 53.7 Å². The van der Waals surface area contributed by atoms with Crippen LogP contribution in [0.1, 0.15) is 30.9 Å². The summed E-state index contributed by atoms with van der Waals surface area (Å²) in [5.41, 5.74) is 2.66. The summed E-state index contributed by atoms with van der Waals surface area (Å²) in [6.45, 7) is 10.1. The lowest BCUT2D eigenvalue weighted by Gasteiger charge is -2.12. The first-order valence-corrected chi connectivity index (χ1v) is 9.51. The molecule has 6 heteroatoms. The minimum Gasteiger partial charge on any atom is -0.381 e. The lowest BCUT2D eigenvalue weighted by molar-refractivity contribution is 0.0893. The highest BCUT2D eigenvalue weighted by atomic mass is 127. The largest absolute Gasteiger partial charge is 0.381 e. The number of halogens is 1. The average molecular weight is 475 g/mol. The predicted octanol–water partition coefficient (Wildman–Crippen LogP) is 3.15. The van der Waals surface area contributed by atoms with Gasteiger partial charge in [0.25, 0.3) is 0 Å². The predicted molar refractivity (Wildman–Crippen MR) is 119 cm³/mol. The van der Waals surface area contributed by atoms with Gasteiger partial charge in [-0.3, -0.25) is 4.99 Å². The summed E-state index contributed by atoms with van der Waals surface area (Å²) in [4.78, 5) is 4.62. The minimum atomic E-state index is 0.